The molecule has 1 fully saturated rings. The summed E-state index contributed by atoms with van der Waals surface area (Å²) >= 11 is 1.05. The van der Waals surface area contributed by atoms with Crippen LogP contribution < -0.4 is 15.0 Å². The third kappa shape index (κ3) is 7.50. The van der Waals surface area contributed by atoms with Crippen molar-refractivity contribution in [1.29, 1.82) is 0 Å². The summed E-state index contributed by atoms with van der Waals surface area (Å²) < 4.78 is 24.6. The van der Waals surface area contributed by atoms with Gasteiger partial charge in [-0.15, -0.1) is 4.37 Å². The number of methoxy groups -OCH3 is 1. The molecule has 2 atom stereocenters. The molecular formula is C28H36N6O9S. The lowest BCUT2D eigenvalue weighted by Crippen LogP contribution is -2.37. The summed E-state index contributed by atoms with van der Waals surface area (Å²) in [6, 6.07) is 5.60. The number of carbonyl (C=O) groups excluding carboxylic acids is 1. The van der Waals surface area contributed by atoms with E-state index >= 15 is 0 Å². The quantitative estimate of drug-likeness (QED) is 0.118. The zero-order valence-electron chi connectivity index (χ0n) is 24.7. The maximum atomic E-state index is 13.0. The monoisotopic (exact) mass is 632 g/mol. The molecule has 3 N–H and O–H groups in total. The van der Waals surface area contributed by atoms with Gasteiger partial charge in [0.2, 0.25) is 5.82 Å². The summed E-state index contributed by atoms with van der Waals surface area (Å²) in [5, 5.41) is 35.2. The van der Waals surface area contributed by atoms with Crippen LogP contribution in [0.1, 0.15) is 31.7 Å². The van der Waals surface area contributed by atoms with Crippen molar-refractivity contribution in [2.75, 3.05) is 64.6 Å². The first-order valence-corrected chi connectivity index (χ1v) is 14.8. The maximum Gasteiger partial charge on any atom is 0.336 e. The van der Waals surface area contributed by atoms with E-state index in [9.17, 15) is 29.9 Å². The molecule has 15 nitrogen and oxygen atoms in total. The van der Waals surface area contributed by atoms with E-state index in [0.717, 1.165) is 11.7 Å². The Labute approximate surface area is 258 Å². The normalized spacial score (nSPS) is 18.0. The average Bonchev–Trinajstić information content (AvgIpc) is 3.49. The number of esters is 1. The summed E-state index contributed by atoms with van der Waals surface area (Å²) in [5.74, 6) is -1.99. The van der Waals surface area contributed by atoms with Crippen molar-refractivity contribution in [3.8, 4) is 5.88 Å². The number of nitro benzene ring substituents is 1. The minimum absolute atomic E-state index is 0.0229. The van der Waals surface area contributed by atoms with Crippen molar-refractivity contribution < 1.29 is 38.9 Å². The number of hydrogen-bond acceptors (Lipinski definition) is 14. The van der Waals surface area contributed by atoms with E-state index in [4.69, 9.17) is 14.2 Å². The van der Waals surface area contributed by atoms with Crippen LogP contribution in [0, 0.1) is 10.1 Å². The van der Waals surface area contributed by atoms with Gasteiger partial charge in [0.25, 0.3) is 11.6 Å². The molecule has 44 heavy (non-hydrogen) atoms. The molecule has 16 heteroatoms. The van der Waals surface area contributed by atoms with E-state index in [1.54, 1.807) is 24.8 Å². The second-order valence-corrected chi connectivity index (χ2v) is 10.8. The van der Waals surface area contributed by atoms with Crippen LogP contribution in [0.4, 0.5) is 11.5 Å². The van der Waals surface area contributed by atoms with Crippen molar-refractivity contribution in [2.45, 2.75) is 32.3 Å². The van der Waals surface area contributed by atoms with Gasteiger partial charge in [-0.2, -0.15) is 4.37 Å². The molecular weight excluding hydrogens is 596 g/mol. The van der Waals surface area contributed by atoms with Crippen LogP contribution in [0.3, 0.4) is 0 Å². The fourth-order valence-corrected chi connectivity index (χ4v) is 5.87. The van der Waals surface area contributed by atoms with Gasteiger partial charge in [0, 0.05) is 49.7 Å². The fourth-order valence-electron chi connectivity index (χ4n) is 5.34. The van der Waals surface area contributed by atoms with E-state index in [1.165, 1.54) is 25.3 Å². The highest BCUT2D eigenvalue weighted by molar-refractivity contribution is 6.99. The van der Waals surface area contributed by atoms with Gasteiger partial charge in [-0.05, 0) is 32.4 Å². The van der Waals surface area contributed by atoms with Crippen molar-refractivity contribution in [1.82, 2.24) is 19.0 Å². The number of benzene rings is 1. The number of carboxylic acids is 1. The van der Waals surface area contributed by atoms with Crippen LogP contribution in [0.5, 0.6) is 5.88 Å². The fraction of sp³-hybridized carbons (Fsp3) is 0.500. The van der Waals surface area contributed by atoms with Crippen LogP contribution in [0.25, 0.3) is 0 Å². The number of aliphatic hydroxyl groups excluding tert-OH is 1. The number of nitrogens with zero attached hydrogens (tertiary/aromatic N) is 5. The molecule has 0 bridgehead atoms. The Kier molecular flexibility index (Phi) is 11.2. The van der Waals surface area contributed by atoms with E-state index in [2.05, 4.69) is 14.1 Å². The van der Waals surface area contributed by atoms with Crippen LogP contribution in [0.15, 0.2) is 46.8 Å². The highest BCUT2D eigenvalue weighted by atomic mass is 32.1. The number of morpholine rings is 1. The number of aliphatic hydroxyl groups is 1. The summed E-state index contributed by atoms with van der Waals surface area (Å²) in [6.45, 7) is 7.06. The van der Waals surface area contributed by atoms with Crippen molar-refractivity contribution in [3.63, 3.8) is 0 Å². The molecule has 0 saturated carbocycles. The van der Waals surface area contributed by atoms with Gasteiger partial charge < -0.3 is 39.5 Å². The Bertz CT molecular complexity index is 1420. The number of hydrogen-bond donors (Lipinski definition) is 3. The molecule has 1 saturated heterocycles. The van der Waals surface area contributed by atoms with Crippen LogP contribution >= 0.6 is 11.7 Å². The molecule has 0 amide bonds. The average molecular weight is 633 g/mol. The number of aromatic nitrogens is 2. The molecule has 0 spiro atoms. The zero-order valence-corrected chi connectivity index (χ0v) is 25.5. The first-order valence-electron chi connectivity index (χ1n) is 14.1. The zero-order chi connectivity index (χ0) is 31.8. The number of rotatable bonds is 14. The van der Waals surface area contributed by atoms with Gasteiger partial charge in [-0.3, -0.25) is 10.1 Å². The molecule has 238 valence electrons. The van der Waals surface area contributed by atoms with Crippen molar-refractivity contribution in [2.24, 2.45) is 0 Å². The second-order valence-electron chi connectivity index (χ2n) is 10.2. The van der Waals surface area contributed by atoms with Gasteiger partial charge >= 0.3 is 11.9 Å². The first-order chi connectivity index (χ1) is 21.1. The maximum absolute atomic E-state index is 13.0. The van der Waals surface area contributed by atoms with Gasteiger partial charge in [0.05, 0.1) is 54.0 Å². The second kappa shape index (κ2) is 15.1. The number of carboxylic acid groups (broad SMARTS) is 1. The Hall–Kier alpha value is -4.12. The number of non-ortho nitro benzene ring substituents is 1. The molecule has 2 unspecified atom stereocenters. The number of ether oxygens (including phenoxy) is 3. The van der Waals surface area contributed by atoms with E-state index in [0.29, 0.717) is 74.5 Å². The molecule has 2 aromatic rings. The molecule has 3 heterocycles. The van der Waals surface area contributed by atoms with Gasteiger partial charge in [-0.25, -0.2) is 9.59 Å². The van der Waals surface area contributed by atoms with Crippen molar-refractivity contribution in [3.05, 3.63) is 62.5 Å². The van der Waals surface area contributed by atoms with E-state index < -0.39 is 28.9 Å². The third-order valence-corrected chi connectivity index (χ3v) is 8.00. The molecule has 2 aliphatic rings. The third-order valence-electron chi connectivity index (χ3n) is 7.50. The van der Waals surface area contributed by atoms with Crippen LogP contribution in [-0.4, -0.2) is 106 Å². The molecule has 0 aliphatic carbocycles. The van der Waals surface area contributed by atoms with E-state index in [1.807, 2.05) is 4.90 Å². The summed E-state index contributed by atoms with van der Waals surface area (Å²) in [4.78, 5) is 40.1. The van der Waals surface area contributed by atoms with Crippen molar-refractivity contribution >= 4 is 35.2 Å². The van der Waals surface area contributed by atoms with Gasteiger partial charge in [0.15, 0.2) is 0 Å². The van der Waals surface area contributed by atoms with Gasteiger partial charge in [-0.1, -0.05) is 12.1 Å². The highest BCUT2D eigenvalue weighted by Gasteiger charge is 2.40. The largest absolute Gasteiger partial charge is 0.478 e. The highest BCUT2D eigenvalue weighted by Crippen LogP contribution is 2.43. The number of anilines is 1. The minimum Gasteiger partial charge on any atom is -0.478 e. The Morgan fingerprint density at radius 3 is 2.64 bits per heavy atom. The lowest BCUT2D eigenvalue weighted by atomic mass is 9.79. The lowest BCUT2D eigenvalue weighted by Gasteiger charge is -2.37. The topological polar surface area (TPSA) is 190 Å². The smallest absolute Gasteiger partial charge is 0.336 e. The molecule has 4 rings (SSSR count). The predicted molar refractivity (Wildman–Crippen MR) is 160 cm³/mol. The van der Waals surface area contributed by atoms with Crippen LogP contribution in [0.2, 0.25) is 0 Å². The lowest BCUT2D eigenvalue weighted by molar-refractivity contribution is -0.384. The number of aliphatic carboxylic acids is 1. The summed E-state index contributed by atoms with van der Waals surface area (Å²) in [6.07, 6.45) is -0.268. The minimum atomic E-state index is -1.24. The number of allylic oxidation sites excluding steroid dienone is 2. The molecule has 1 aromatic carbocycles. The SMILES string of the molecule is COC(=O)C1=C(C)N(CCCNCC(O)COc2nsnc2N2CCOCC2)C(C)=C(C(=O)O)C1c1cccc([N+](=O)[O-])c1. The number of nitrogens with one attached hydrogen (secondary N) is 1. The van der Waals surface area contributed by atoms with Crippen LogP contribution in [-0.2, 0) is 19.1 Å². The predicted octanol–water partition coefficient (Wildman–Crippen LogP) is 1.91. The Balaban J connectivity index is 1.38. The molecule has 0 radical (unpaired) electrons. The Morgan fingerprint density at radius 2 is 1.95 bits per heavy atom. The summed E-state index contributed by atoms with van der Waals surface area (Å²) in [7, 11) is 1.20. The molecule has 2 aliphatic heterocycles. The van der Waals surface area contributed by atoms with Gasteiger partial charge in [0.1, 0.15) is 12.7 Å². The molecule has 1 aromatic heterocycles. The first kappa shape index (κ1) is 32.8. The Morgan fingerprint density at radius 1 is 1.23 bits per heavy atom. The number of nitro groups is 1. The standard InChI is InChI=1S/C28H36N6O9S/c1-17-22(27(36)37)24(19-6-4-7-20(14-19)34(39)40)23(28(38)41-3)18(2)33(17)9-5-8-29-15-21(35)16-43-26-25(30-44-31-26)32-10-12-42-13-11-32/h4,6-7,14,21,24,29,35H,5,8-13,15-16H2,1-3H3,(H,36,37). The summed E-state index contributed by atoms with van der Waals surface area (Å²) in [5.41, 5.74) is 1.04. The van der Waals surface area contributed by atoms with E-state index in [-0.39, 0.29) is 30.0 Å². The number of carbonyl (C=O) groups is 2.